The van der Waals surface area contributed by atoms with Crippen molar-refractivity contribution in [1.29, 1.82) is 0 Å². The van der Waals surface area contributed by atoms with Crippen molar-refractivity contribution in [2.24, 2.45) is 9.98 Å². The van der Waals surface area contributed by atoms with E-state index in [4.69, 9.17) is 9.98 Å². The van der Waals surface area contributed by atoms with Gasteiger partial charge in [0.2, 0.25) is 0 Å². The summed E-state index contributed by atoms with van der Waals surface area (Å²) >= 11 is 0. The van der Waals surface area contributed by atoms with Gasteiger partial charge in [-0.15, -0.1) is 0 Å². The third-order valence-corrected chi connectivity index (χ3v) is 15.4. The minimum absolute atomic E-state index is 0.0879. The minimum atomic E-state index is -0.563. The lowest BCUT2D eigenvalue weighted by Crippen LogP contribution is -2.41. The molecule has 0 amide bonds. The van der Waals surface area contributed by atoms with Gasteiger partial charge in [-0.2, -0.15) is 0 Å². The molecule has 4 heteroatoms. The topological polar surface area (TPSA) is 24.7 Å². The first-order valence-corrected chi connectivity index (χ1v) is 17.5. The van der Waals surface area contributed by atoms with Gasteiger partial charge in [-0.05, 0) is 71.3 Å². The van der Waals surface area contributed by atoms with Crippen molar-refractivity contribution in [3.63, 3.8) is 0 Å². The molecule has 0 aromatic heterocycles. The van der Waals surface area contributed by atoms with Crippen LogP contribution in [0.2, 0.25) is 0 Å². The maximum Gasteiger partial charge on any atom is 0.103 e. The second-order valence-electron chi connectivity index (χ2n) is 11.4. The van der Waals surface area contributed by atoms with Gasteiger partial charge < -0.3 is 0 Å². The Hall–Kier alpha value is -2.66. The van der Waals surface area contributed by atoms with E-state index in [9.17, 15) is 0 Å². The monoisotopic (exact) mass is 546 g/mol. The molecular formula is C35H36N2P2. The van der Waals surface area contributed by atoms with Crippen LogP contribution in [0, 0.1) is 0 Å². The molecule has 2 saturated heterocycles. The Kier molecular flexibility index (Phi) is 6.96. The van der Waals surface area contributed by atoms with Crippen molar-refractivity contribution in [2.45, 2.75) is 61.2 Å². The molecule has 3 aliphatic heterocycles. The second kappa shape index (κ2) is 10.7. The zero-order valence-corrected chi connectivity index (χ0v) is 24.4. The highest BCUT2D eigenvalue weighted by Crippen LogP contribution is 2.74. The number of nitrogens with zero attached hydrogens (tertiary/aromatic N) is 2. The van der Waals surface area contributed by atoms with E-state index < -0.39 is 15.8 Å². The third kappa shape index (κ3) is 4.71. The summed E-state index contributed by atoms with van der Waals surface area (Å²) in [5.41, 5.74) is 8.59. The predicted molar refractivity (Wildman–Crippen MR) is 170 cm³/mol. The van der Waals surface area contributed by atoms with Crippen LogP contribution in [0.1, 0.15) is 66.3 Å². The maximum atomic E-state index is 5.77. The van der Waals surface area contributed by atoms with E-state index in [-0.39, 0.29) is 11.6 Å². The molecule has 39 heavy (non-hydrogen) atoms. The Labute approximate surface area is 235 Å². The van der Waals surface area contributed by atoms with Crippen molar-refractivity contribution in [1.82, 2.24) is 0 Å². The molecular weight excluding hydrogens is 510 g/mol. The lowest BCUT2D eigenvalue weighted by Gasteiger charge is -2.40. The van der Waals surface area contributed by atoms with E-state index in [0.717, 1.165) is 0 Å². The molecule has 0 bridgehead atoms. The quantitative estimate of drug-likeness (QED) is 0.285. The van der Waals surface area contributed by atoms with E-state index in [2.05, 4.69) is 122 Å². The molecule has 3 aromatic carbocycles. The van der Waals surface area contributed by atoms with Gasteiger partial charge >= 0.3 is 0 Å². The smallest absolute Gasteiger partial charge is 0.103 e. The van der Waals surface area contributed by atoms with E-state index in [1.54, 1.807) is 0 Å². The Bertz CT molecular complexity index is 1380. The van der Waals surface area contributed by atoms with Crippen LogP contribution in [0.3, 0.4) is 0 Å². The number of fused-ring (bicyclic) bond motifs is 1. The molecule has 0 spiro atoms. The lowest BCUT2D eigenvalue weighted by molar-refractivity contribution is 0.518. The Balaban J connectivity index is 1.38. The van der Waals surface area contributed by atoms with Crippen LogP contribution in [0.15, 0.2) is 125 Å². The average Bonchev–Trinajstić information content (AvgIpc) is 3.66. The van der Waals surface area contributed by atoms with E-state index in [1.807, 2.05) is 0 Å². The van der Waals surface area contributed by atoms with Gasteiger partial charge in [-0.1, -0.05) is 115 Å². The van der Waals surface area contributed by atoms with E-state index >= 15 is 0 Å². The van der Waals surface area contributed by atoms with Gasteiger partial charge in [0.05, 0.1) is 16.9 Å². The molecule has 0 N–H and O–H groups in total. The Morgan fingerprint density at radius 1 is 0.667 bits per heavy atom. The summed E-state index contributed by atoms with van der Waals surface area (Å²) in [4.78, 5) is 11.5. The van der Waals surface area contributed by atoms with Crippen LogP contribution in [0.5, 0.6) is 0 Å². The lowest BCUT2D eigenvalue weighted by atomic mass is 9.88. The maximum absolute atomic E-state index is 5.77. The van der Waals surface area contributed by atoms with Crippen LogP contribution < -0.4 is 0 Å². The molecule has 2 fully saturated rings. The first kappa shape index (κ1) is 25.3. The van der Waals surface area contributed by atoms with Gasteiger partial charge in [0.15, 0.2) is 0 Å². The Morgan fingerprint density at radius 3 is 1.82 bits per heavy atom. The summed E-state index contributed by atoms with van der Waals surface area (Å²) in [6, 6.07) is 33.9. The van der Waals surface area contributed by atoms with Crippen molar-refractivity contribution >= 4 is 26.7 Å². The van der Waals surface area contributed by atoms with Crippen molar-refractivity contribution in [3.05, 3.63) is 132 Å². The second-order valence-corrected chi connectivity index (χ2v) is 16.3. The molecule has 196 valence electrons. The molecule has 0 saturated carbocycles. The summed E-state index contributed by atoms with van der Waals surface area (Å²) < 4.78 is 0. The number of rotatable bonds is 5. The molecule has 3 aromatic rings. The van der Waals surface area contributed by atoms with Crippen molar-refractivity contribution < 1.29 is 0 Å². The van der Waals surface area contributed by atoms with E-state index in [1.165, 1.54) is 59.4 Å². The normalized spacial score (nSPS) is 33.5. The standard InChI is InChI=1S/C35H36N2P2/c1-35-24-12-11-21-32(35)36-33(34(37-35)38-25-13-20-29(38)26-14-5-2-6-15-26)39-30(27-16-7-3-8-17-27)22-23-31(39)28-18-9-4-10-19-28/h2-12,14-19,21,24,29-32H,13,20,22-23,25H2,1H3/t29-,30-,31?,32?,35?,38?,39?/m1/s1. The van der Waals surface area contributed by atoms with Crippen LogP contribution in [0.25, 0.3) is 0 Å². The predicted octanol–water partition coefficient (Wildman–Crippen LogP) is 9.83. The number of allylic oxidation sites excluding steroid dienone is 2. The zero-order valence-electron chi connectivity index (χ0n) is 22.6. The third-order valence-electron chi connectivity index (χ3n) is 8.95. The van der Waals surface area contributed by atoms with Crippen molar-refractivity contribution in [3.8, 4) is 0 Å². The fourth-order valence-electron chi connectivity index (χ4n) is 6.99. The molecule has 7 rings (SSSR count). The molecule has 1 aliphatic carbocycles. The number of hydrogen-bond donors (Lipinski definition) is 0. The highest BCUT2D eigenvalue weighted by Gasteiger charge is 2.48. The fraction of sp³-hybridized carbons (Fsp3) is 0.314. The molecule has 2 nitrogen and oxygen atoms in total. The highest BCUT2D eigenvalue weighted by atomic mass is 31.1. The Morgan fingerprint density at radius 2 is 1.23 bits per heavy atom. The largest absolute Gasteiger partial charge is 0.272 e. The average molecular weight is 547 g/mol. The fourth-order valence-corrected chi connectivity index (χ4v) is 14.1. The SMILES string of the molecule is CC12C=CC=CC1N=C(P1C(c3ccccc3)CC[C@@H]1c1ccccc1)C(P1CCC[C@@H]1c1ccccc1)=N2. The summed E-state index contributed by atoms with van der Waals surface area (Å²) in [7, 11) is -0.984. The van der Waals surface area contributed by atoms with E-state index in [0.29, 0.717) is 17.0 Å². The van der Waals surface area contributed by atoms with Crippen LogP contribution >= 0.6 is 15.8 Å². The summed E-state index contributed by atoms with van der Waals surface area (Å²) in [5.74, 6) is 0. The van der Waals surface area contributed by atoms with Gasteiger partial charge in [-0.3, -0.25) is 9.98 Å². The van der Waals surface area contributed by atoms with Gasteiger partial charge in [0.25, 0.3) is 0 Å². The first-order chi connectivity index (χ1) is 19.2. The molecule has 0 radical (unpaired) electrons. The molecule has 7 atom stereocenters. The van der Waals surface area contributed by atoms with Gasteiger partial charge in [0, 0.05) is 17.0 Å². The van der Waals surface area contributed by atoms with Crippen LogP contribution in [-0.4, -0.2) is 28.6 Å². The summed E-state index contributed by atoms with van der Waals surface area (Å²) in [6.45, 7) is 2.30. The number of aliphatic imine (C=N–C) groups is 2. The van der Waals surface area contributed by atoms with Gasteiger partial charge in [0.1, 0.15) is 5.54 Å². The van der Waals surface area contributed by atoms with Crippen LogP contribution in [-0.2, 0) is 0 Å². The van der Waals surface area contributed by atoms with Crippen LogP contribution in [0.4, 0.5) is 0 Å². The zero-order chi connectivity index (χ0) is 26.2. The minimum Gasteiger partial charge on any atom is -0.272 e. The summed E-state index contributed by atoms with van der Waals surface area (Å²) in [6.07, 6.45) is 15.2. The molecule has 4 aliphatic rings. The summed E-state index contributed by atoms with van der Waals surface area (Å²) in [5, 5.41) is 0. The highest BCUT2D eigenvalue weighted by molar-refractivity contribution is 7.90. The van der Waals surface area contributed by atoms with Gasteiger partial charge in [-0.25, -0.2) is 0 Å². The molecule has 5 unspecified atom stereocenters. The number of benzene rings is 3. The number of hydrogen-bond acceptors (Lipinski definition) is 2. The first-order valence-electron chi connectivity index (χ1n) is 14.5. The van der Waals surface area contributed by atoms with Crippen molar-refractivity contribution in [2.75, 3.05) is 6.16 Å². The molecule has 3 heterocycles.